The molecule has 2 aromatic carbocycles. The summed E-state index contributed by atoms with van der Waals surface area (Å²) >= 11 is 0. The molecule has 4 rings (SSSR count). The molecule has 1 fully saturated rings. The number of aromatic nitrogens is 1. The third-order valence-corrected chi connectivity index (χ3v) is 5.86. The van der Waals surface area contributed by atoms with Gasteiger partial charge in [0, 0.05) is 30.1 Å². The molecule has 0 aliphatic carbocycles. The number of nitrogens with zero attached hydrogens (tertiary/aromatic N) is 2. The molecule has 0 amide bonds. The summed E-state index contributed by atoms with van der Waals surface area (Å²) in [5.74, 6) is 0.627. The number of carbonyl (C=O) groups excluding carboxylic acids is 1. The maximum Gasteiger partial charge on any atom is 0.202 e. The lowest BCUT2D eigenvalue weighted by Gasteiger charge is -2.14. The number of aryl methyl sites for hydroxylation is 1. The summed E-state index contributed by atoms with van der Waals surface area (Å²) < 4.78 is 13.7. The van der Waals surface area contributed by atoms with Crippen LogP contribution in [0.5, 0.6) is 5.75 Å². The van der Waals surface area contributed by atoms with Crippen molar-refractivity contribution in [1.29, 1.82) is 5.26 Å². The zero-order valence-electron chi connectivity index (χ0n) is 17.9. The summed E-state index contributed by atoms with van der Waals surface area (Å²) in [6.07, 6.45) is 2.41. The normalized spacial score (nSPS) is 15.6. The zero-order chi connectivity index (χ0) is 21.8. The second-order valence-corrected chi connectivity index (χ2v) is 7.96. The van der Waals surface area contributed by atoms with Gasteiger partial charge in [-0.2, -0.15) is 5.26 Å². The van der Waals surface area contributed by atoms with Gasteiger partial charge in [0.1, 0.15) is 5.75 Å². The van der Waals surface area contributed by atoms with Crippen molar-refractivity contribution in [2.75, 3.05) is 13.2 Å². The molecule has 1 aliphatic heterocycles. The number of ether oxygens (including phenoxy) is 2. The van der Waals surface area contributed by atoms with Crippen LogP contribution in [0, 0.1) is 25.2 Å². The van der Waals surface area contributed by atoms with E-state index in [0.29, 0.717) is 16.9 Å². The quantitative estimate of drug-likeness (QED) is 0.506. The lowest BCUT2D eigenvalue weighted by atomic mass is 10.0. The monoisotopic (exact) mass is 414 g/mol. The molecule has 0 bridgehead atoms. The molecule has 0 radical (unpaired) electrons. The van der Waals surface area contributed by atoms with Crippen LogP contribution in [-0.2, 0) is 11.3 Å². The van der Waals surface area contributed by atoms with E-state index in [1.807, 2.05) is 56.3 Å². The van der Waals surface area contributed by atoms with Crippen LogP contribution in [-0.4, -0.2) is 29.7 Å². The van der Waals surface area contributed by atoms with Gasteiger partial charge in [0.15, 0.2) is 6.61 Å². The fourth-order valence-electron chi connectivity index (χ4n) is 4.06. The molecule has 1 aromatic heterocycles. The van der Waals surface area contributed by atoms with E-state index >= 15 is 0 Å². The van der Waals surface area contributed by atoms with Crippen LogP contribution in [0.4, 0.5) is 0 Å². The SMILES string of the molecule is Cc1cc(C(=O)COc2ccc(-c3ccc(C#N)cc3)cc2)c(C)n1C[C@H]1CCCO1. The van der Waals surface area contributed by atoms with Gasteiger partial charge in [0.2, 0.25) is 5.78 Å². The zero-order valence-corrected chi connectivity index (χ0v) is 17.9. The number of Topliss-reactive ketones (excluding diaryl/α,β-unsaturated/α-hetero) is 1. The van der Waals surface area contributed by atoms with Gasteiger partial charge in [-0.1, -0.05) is 24.3 Å². The van der Waals surface area contributed by atoms with Crippen LogP contribution in [0.25, 0.3) is 11.1 Å². The molecule has 0 saturated carbocycles. The Morgan fingerprint density at radius 2 is 1.81 bits per heavy atom. The van der Waals surface area contributed by atoms with E-state index in [2.05, 4.69) is 10.6 Å². The summed E-state index contributed by atoms with van der Waals surface area (Å²) in [6, 6.07) is 19.1. The molecule has 0 spiro atoms. The first-order valence-corrected chi connectivity index (χ1v) is 10.6. The van der Waals surface area contributed by atoms with Crippen molar-refractivity contribution in [2.45, 2.75) is 39.3 Å². The molecular formula is C26H26N2O3. The average Bonchev–Trinajstić information content (AvgIpc) is 3.42. The molecule has 158 valence electrons. The Labute approximate surface area is 182 Å². The van der Waals surface area contributed by atoms with Crippen molar-refractivity contribution in [1.82, 2.24) is 4.57 Å². The molecule has 3 aromatic rings. The van der Waals surface area contributed by atoms with Crippen LogP contribution < -0.4 is 4.74 Å². The van der Waals surface area contributed by atoms with E-state index in [-0.39, 0.29) is 18.5 Å². The van der Waals surface area contributed by atoms with E-state index in [9.17, 15) is 4.79 Å². The van der Waals surface area contributed by atoms with E-state index < -0.39 is 0 Å². The fourth-order valence-corrected chi connectivity index (χ4v) is 4.06. The maximum atomic E-state index is 12.8. The van der Waals surface area contributed by atoms with Gasteiger partial charge in [-0.25, -0.2) is 0 Å². The first kappa shape index (κ1) is 20.9. The second kappa shape index (κ2) is 9.20. The standard InChI is InChI=1S/C26H26N2O3/c1-18-14-25(19(2)28(18)16-24-4-3-13-30-24)26(29)17-31-23-11-9-22(10-12-23)21-7-5-20(15-27)6-8-21/h5-12,14,24H,3-4,13,16-17H2,1-2H3/t24-/m1/s1. The summed E-state index contributed by atoms with van der Waals surface area (Å²) in [5, 5.41) is 8.92. The van der Waals surface area contributed by atoms with Gasteiger partial charge in [0.25, 0.3) is 0 Å². The summed E-state index contributed by atoms with van der Waals surface area (Å²) in [6.45, 7) is 5.64. The molecule has 0 N–H and O–H groups in total. The minimum atomic E-state index is -0.0251. The third-order valence-electron chi connectivity index (χ3n) is 5.86. The molecule has 1 atom stereocenters. The largest absolute Gasteiger partial charge is 0.485 e. The number of rotatable bonds is 7. The fraction of sp³-hybridized carbons (Fsp3) is 0.308. The van der Waals surface area contributed by atoms with Crippen LogP contribution in [0.2, 0.25) is 0 Å². The Kier molecular flexibility index (Phi) is 6.20. The number of nitriles is 1. The lowest BCUT2D eigenvalue weighted by Crippen LogP contribution is -2.18. The molecule has 1 aliphatic rings. The molecule has 0 unspecified atom stereocenters. The minimum absolute atomic E-state index is 0.000432. The van der Waals surface area contributed by atoms with Crippen LogP contribution in [0.1, 0.15) is 40.2 Å². The maximum absolute atomic E-state index is 12.8. The first-order valence-electron chi connectivity index (χ1n) is 10.6. The number of hydrogen-bond donors (Lipinski definition) is 0. The van der Waals surface area contributed by atoms with Gasteiger partial charge in [0.05, 0.1) is 17.7 Å². The molecule has 31 heavy (non-hydrogen) atoms. The number of hydrogen-bond acceptors (Lipinski definition) is 4. The van der Waals surface area contributed by atoms with Crippen LogP contribution in [0.15, 0.2) is 54.6 Å². The minimum Gasteiger partial charge on any atom is -0.485 e. The summed E-state index contributed by atoms with van der Waals surface area (Å²) in [4.78, 5) is 12.8. The number of carbonyl (C=O) groups is 1. The predicted molar refractivity (Wildman–Crippen MR) is 119 cm³/mol. The van der Waals surface area contributed by atoms with Gasteiger partial charge >= 0.3 is 0 Å². The van der Waals surface area contributed by atoms with Gasteiger partial charge < -0.3 is 14.0 Å². The molecule has 5 nitrogen and oxygen atoms in total. The summed E-state index contributed by atoms with van der Waals surface area (Å²) in [7, 11) is 0. The Hall–Kier alpha value is -3.36. The smallest absolute Gasteiger partial charge is 0.202 e. The highest BCUT2D eigenvalue weighted by molar-refractivity contribution is 5.98. The van der Waals surface area contributed by atoms with Crippen molar-refractivity contribution in [3.8, 4) is 22.9 Å². The van der Waals surface area contributed by atoms with Gasteiger partial charge in [-0.05, 0) is 68.1 Å². The molecular weight excluding hydrogens is 388 g/mol. The average molecular weight is 415 g/mol. The van der Waals surface area contributed by atoms with Crippen molar-refractivity contribution in [3.63, 3.8) is 0 Å². The Morgan fingerprint density at radius 3 is 2.42 bits per heavy atom. The van der Waals surface area contributed by atoms with Crippen molar-refractivity contribution >= 4 is 5.78 Å². The Morgan fingerprint density at radius 1 is 1.13 bits per heavy atom. The van der Waals surface area contributed by atoms with Crippen molar-refractivity contribution in [2.24, 2.45) is 0 Å². The van der Waals surface area contributed by atoms with Crippen molar-refractivity contribution < 1.29 is 14.3 Å². The lowest BCUT2D eigenvalue weighted by molar-refractivity contribution is 0.0914. The van der Waals surface area contributed by atoms with E-state index in [1.54, 1.807) is 12.1 Å². The second-order valence-electron chi connectivity index (χ2n) is 7.96. The Balaban J connectivity index is 1.39. The molecule has 1 saturated heterocycles. The number of benzene rings is 2. The predicted octanol–water partition coefficient (Wildman–Crippen LogP) is 5.08. The Bertz CT molecular complexity index is 1100. The van der Waals surface area contributed by atoms with Crippen LogP contribution in [0.3, 0.4) is 0 Å². The highest BCUT2D eigenvalue weighted by Gasteiger charge is 2.21. The molecule has 5 heteroatoms. The van der Waals surface area contributed by atoms with Gasteiger partial charge in [-0.15, -0.1) is 0 Å². The topological polar surface area (TPSA) is 64.2 Å². The highest BCUT2D eigenvalue weighted by atomic mass is 16.5. The van der Waals surface area contributed by atoms with E-state index in [4.69, 9.17) is 14.7 Å². The van der Waals surface area contributed by atoms with Gasteiger partial charge in [-0.3, -0.25) is 4.79 Å². The first-order chi connectivity index (χ1) is 15.0. The third kappa shape index (κ3) is 4.70. The van der Waals surface area contributed by atoms with E-state index in [0.717, 1.165) is 48.5 Å². The van der Waals surface area contributed by atoms with Crippen LogP contribution >= 0.6 is 0 Å². The number of ketones is 1. The molecule has 2 heterocycles. The van der Waals surface area contributed by atoms with E-state index in [1.165, 1.54) is 0 Å². The summed E-state index contributed by atoms with van der Waals surface area (Å²) in [5.41, 5.74) is 5.45. The highest BCUT2D eigenvalue weighted by Crippen LogP contribution is 2.24. The van der Waals surface area contributed by atoms with Crippen molar-refractivity contribution in [3.05, 3.63) is 77.1 Å².